The first kappa shape index (κ1) is 13.7. The van der Waals surface area contributed by atoms with Crippen LogP contribution >= 0.6 is 0 Å². The molecule has 4 N–H and O–H groups in total. The lowest BCUT2D eigenvalue weighted by Crippen LogP contribution is -2.41. The first-order chi connectivity index (χ1) is 9.10. The smallest absolute Gasteiger partial charge is 0.337 e. The molecule has 1 atom stereocenters. The Balaban J connectivity index is 2.03. The van der Waals surface area contributed by atoms with Gasteiger partial charge in [-0.1, -0.05) is 6.92 Å². The third kappa shape index (κ3) is 3.38. The molecule has 1 fully saturated rings. The number of piperidine rings is 1. The first-order valence-corrected chi connectivity index (χ1v) is 6.72. The zero-order valence-electron chi connectivity index (χ0n) is 11.2. The summed E-state index contributed by atoms with van der Waals surface area (Å²) in [5, 5.41) is 12.4. The van der Waals surface area contributed by atoms with E-state index >= 15 is 0 Å². The average molecular weight is 263 g/mol. The lowest BCUT2D eigenvalue weighted by molar-refractivity contribution is 0.0698. The topological polar surface area (TPSA) is 78.6 Å². The number of nitrogens with two attached hydrogens (primary N) is 1. The van der Waals surface area contributed by atoms with Crippen molar-refractivity contribution in [3.8, 4) is 0 Å². The largest absolute Gasteiger partial charge is 0.478 e. The quantitative estimate of drug-likeness (QED) is 0.723. The highest BCUT2D eigenvalue weighted by Gasteiger charge is 2.18. The molecule has 1 unspecified atom stereocenters. The monoisotopic (exact) mass is 263 g/mol. The molecule has 104 valence electrons. The molecule has 1 aromatic carbocycles. The second kappa shape index (κ2) is 5.93. The van der Waals surface area contributed by atoms with E-state index in [-0.39, 0.29) is 5.56 Å². The van der Waals surface area contributed by atoms with Crippen molar-refractivity contribution in [1.82, 2.24) is 4.90 Å². The summed E-state index contributed by atoms with van der Waals surface area (Å²) in [7, 11) is 0. The number of benzene rings is 1. The third-order valence-electron chi connectivity index (χ3n) is 3.61. The van der Waals surface area contributed by atoms with Crippen molar-refractivity contribution in [3.63, 3.8) is 0 Å². The van der Waals surface area contributed by atoms with Crippen LogP contribution in [0.4, 0.5) is 11.4 Å². The van der Waals surface area contributed by atoms with Crippen LogP contribution < -0.4 is 11.1 Å². The molecule has 0 bridgehead atoms. The van der Waals surface area contributed by atoms with Gasteiger partial charge >= 0.3 is 5.97 Å². The Morgan fingerprint density at radius 1 is 1.58 bits per heavy atom. The highest BCUT2D eigenvalue weighted by molar-refractivity contribution is 5.94. The van der Waals surface area contributed by atoms with Crippen molar-refractivity contribution in [2.75, 3.05) is 30.7 Å². The minimum atomic E-state index is -0.987. The van der Waals surface area contributed by atoms with E-state index in [0.717, 1.165) is 31.7 Å². The van der Waals surface area contributed by atoms with Gasteiger partial charge in [0.2, 0.25) is 0 Å². The van der Waals surface area contributed by atoms with E-state index in [2.05, 4.69) is 17.1 Å². The first-order valence-electron chi connectivity index (χ1n) is 6.72. The number of rotatable bonds is 4. The fraction of sp³-hybridized carbons (Fsp3) is 0.500. The fourth-order valence-electron chi connectivity index (χ4n) is 2.54. The van der Waals surface area contributed by atoms with Gasteiger partial charge in [0.25, 0.3) is 0 Å². The molecular weight excluding hydrogens is 242 g/mol. The van der Waals surface area contributed by atoms with E-state index in [9.17, 15) is 4.79 Å². The molecule has 0 saturated carbocycles. The van der Waals surface area contributed by atoms with Gasteiger partial charge in [-0.3, -0.25) is 0 Å². The van der Waals surface area contributed by atoms with Crippen molar-refractivity contribution < 1.29 is 9.90 Å². The second-order valence-electron chi connectivity index (χ2n) is 4.98. The van der Waals surface area contributed by atoms with Gasteiger partial charge in [0, 0.05) is 24.0 Å². The number of aromatic carboxylic acids is 1. The average Bonchev–Trinajstić information content (AvgIpc) is 2.38. The molecule has 5 nitrogen and oxygen atoms in total. The summed E-state index contributed by atoms with van der Waals surface area (Å²) in [5.74, 6) is -0.987. The Labute approximate surface area is 113 Å². The number of carbonyl (C=O) groups is 1. The van der Waals surface area contributed by atoms with Gasteiger partial charge in [-0.25, -0.2) is 4.79 Å². The van der Waals surface area contributed by atoms with Crippen LogP contribution in [-0.2, 0) is 0 Å². The molecule has 0 aliphatic carbocycles. The predicted octanol–water partition coefficient (Wildman–Crippen LogP) is 1.86. The zero-order valence-corrected chi connectivity index (χ0v) is 11.2. The van der Waals surface area contributed by atoms with E-state index in [4.69, 9.17) is 10.8 Å². The van der Waals surface area contributed by atoms with Crippen LogP contribution in [-0.4, -0.2) is 41.7 Å². The van der Waals surface area contributed by atoms with Gasteiger partial charge < -0.3 is 21.1 Å². The number of likely N-dealkylation sites (tertiary alicyclic amines) is 1. The highest BCUT2D eigenvalue weighted by atomic mass is 16.4. The summed E-state index contributed by atoms with van der Waals surface area (Å²) in [5.41, 5.74) is 7.11. The van der Waals surface area contributed by atoms with E-state index in [1.807, 2.05) is 0 Å². The van der Waals surface area contributed by atoms with Gasteiger partial charge in [-0.05, 0) is 44.1 Å². The van der Waals surface area contributed by atoms with Gasteiger partial charge in [0.15, 0.2) is 0 Å². The van der Waals surface area contributed by atoms with E-state index in [1.165, 1.54) is 6.42 Å². The molecular formula is C14H21N3O2. The van der Waals surface area contributed by atoms with E-state index in [1.54, 1.807) is 18.2 Å². The van der Waals surface area contributed by atoms with Crippen LogP contribution in [0, 0.1) is 0 Å². The summed E-state index contributed by atoms with van der Waals surface area (Å²) < 4.78 is 0. The van der Waals surface area contributed by atoms with Crippen molar-refractivity contribution in [2.24, 2.45) is 0 Å². The zero-order chi connectivity index (χ0) is 13.8. The number of nitrogen functional groups attached to an aromatic ring is 1. The van der Waals surface area contributed by atoms with Crippen LogP contribution in [0.2, 0.25) is 0 Å². The molecule has 0 aromatic heterocycles. The molecule has 19 heavy (non-hydrogen) atoms. The normalized spacial score (nSPS) is 20.2. The van der Waals surface area contributed by atoms with Crippen LogP contribution in [0.25, 0.3) is 0 Å². The van der Waals surface area contributed by atoms with Crippen LogP contribution in [0.3, 0.4) is 0 Å². The third-order valence-corrected chi connectivity index (χ3v) is 3.61. The number of nitrogens with one attached hydrogen (secondary N) is 1. The summed E-state index contributed by atoms with van der Waals surface area (Å²) in [6, 6.07) is 5.45. The molecule has 1 aromatic rings. The summed E-state index contributed by atoms with van der Waals surface area (Å²) in [4.78, 5) is 13.3. The molecule has 2 rings (SSSR count). The summed E-state index contributed by atoms with van der Waals surface area (Å²) >= 11 is 0. The molecule has 1 aliphatic heterocycles. The van der Waals surface area contributed by atoms with Crippen LogP contribution in [0.15, 0.2) is 18.2 Å². The van der Waals surface area contributed by atoms with Gasteiger partial charge in [-0.2, -0.15) is 0 Å². The van der Waals surface area contributed by atoms with Gasteiger partial charge in [-0.15, -0.1) is 0 Å². The van der Waals surface area contributed by atoms with Crippen LogP contribution in [0.5, 0.6) is 0 Å². The molecule has 0 amide bonds. The Morgan fingerprint density at radius 2 is 2.37 bits per heavy atom. The second-order valence-corrected chi connectivity index (χ2v) is 4.98. The maximum absolute atomic E-state index is 10.9. The number of anilines is 2. The number of carboxylic acid groups (broad SMARTS) is 1. The Hall–Kier alpha value is -1.75. The standard InChI is InChI=1S/C14H21N3O2/c1-2-17-7-3-4-11(9-17)16-10-5-6-12(14(18)19)13(15)8-10/h5-6,8,11,16H,2-4,7,9,15H2,1H3,(H,18,19). The minimum absolute atomic E-state index is 0.157. The van der Waals surface area contributed by atoms with Gasteiger partial charge in [0.1, 0.15) is 0 Å². The Kier molecular flexibility index (Phi) is 4.27. The van der Waals surface area contributed by atoms with Gasteiger partial charge in [0.05, 0.1) is 5.56 Å². The molecule has 1 aliphatic rings. The predicted molar refractivity (Wildman–Crippen MR) is 76.6 cm³/mol. The number of nitrogens with zero attached hydrogens (tertiary/aromatic N) is 1. The molecule has 5 heteroatoms. The number of hydrogen-bond donors (Lipinski definition) is 3. The van der Waals surface area contributed by atoms with Crippen LogP contribution in [0.1, 0.15) is 30.1 Å². The summed E-state index contributed by atoms with van der Waals surface area (Å²) in [6.45, 7) is 5.42. The van der Waals surface area contributed by atoms with E-state index in [0.29, 0.717) is 11.7 Å². The molecule has 1 heterocycles. The molecule has 1 saturated heterocycles. The lowest BCUT2D eigenvalue weighted by Gasteiger charge is -2.32. The summed E-state index contributed by atoms with van der Waals surface area (Å²) in [6.07, 6.45) is 2.32. The van der Waals surface area contributed by atoms with Crippen molar-refractivity contribution >= 4 is 17.3 Å². The van der Waals surface area contributed by atoms with E-state index < -0.39 is 5.97 Å². The fourth-order valence-corrected chi connectivity index (χ4v) is 2.54. The number of likely N-dealkylation sites (N-methyl/N-ethyl adjacent to an activating group) is 1. The Morgan fingerprint density at radius 3 is 3.00 bits per heavy atom. The van der Waals surface area contributed by atoms with Crippen molar-refractivity contribution in [2.45, 2.75) is 25.8 Å². The SMILES string of the molecule is CCN1CCCC(Nc2ccc(C(=O)O)c(N)c2)C1. The number of carboxylic acids is 1. The van der Waals surface area contributed by atoms with Crippen molar-refractivity contribution in [3.05, 3.63) is 23.8 Å². The van der Waals surface area contributed by atoms with Crippen molar-refractivity contribution in [1.29, 1.82) is 0 Å². The maximum Gasteiger partial charge on any atom is 0.337 e. The highest BCUT2D eigenvalue weighted by Crippen LogP contribution is 2.21. The Bertz CT molecular complexity index is 462. The minimum Gasteiger partial charge on any atom is -0.478 e. The maximum atomic E-state index is 10.9. The number of hydrogen-bond acceptors (Lipinski definition) is 4. The lowest BCUT2D eigenvalue weighted by atomic mass is 10.0. The molecule has 0 radical (unpaired) electrons. The molecule has 0 spiro atoms.